The van der Waals surface area contributed by atoms with E-state index in [0.717, 1.165) is 16.6 Å². The number of aromatic amines is 2. The van der Waals surface area contributed by atoms with Crippen molar-refractivity contribution in [1.29, 1.82) is 0 Å². The molecule has 0 aliphatic carbocycles. The van der Waals surface area contributed by atoms with Crippen molar-refractivity contribution in [2.24, 2.45) is 0 Å². The zero-order chi connectivity index (χ0) is 22.2. The monoisotopic (exact) mass is 422 g/mol. The number of anilines is 2. The molecule has 0 saturated carbocycles. The van der Waals surface area contributed by atoms with Crippen LogP contribution in [0.3, 0.4) is 0 Å². The first-order chi connectivity index (χ1) is 14.9. The van der Waals surface area contributed by atoms with E-state index in [9.17, 15) is 9.59 Å². The lowest BCUT2D eigenvalue weighted by atomic mass is 10.2. The van der Waals surface area contributed by atoms with Crippen molar-refractivity contribution in [1.82, 2.24) is 35.6 Å². The van der Waals surface area contributed by atoms with Gasteiger partial charge in [-0.3, -0.25) is 19.8 Å². The van der Waals surface area contributed by atoms with Crippen molar-refractivity contribution in [3.05, 3.63) is 48.6 Å². The van der Waals surface area contributed by atoms with Gasteiger partial charge in [0.1, 0.15) is 6.29 Å². The third kappa shape index (κ3) is 6.26. The van der Waals surface area contributed by atoms with Crippen LogP contribution in [0.5, 0.6) is 0 Å². The summed E-state index contributed by atoms with van der Waals surface area (Å²) >= 11 is 0. The maximum absolute atomic E-state index is 11.8. The predicted molar refractivity (Wildman–Crippen MR) is 119 cm³/mol. The van der Waals surface area contributed by atoms with Crippen LogP contribution in [0.15, 0.2) is 42.7 Å². The molecule has 0 radical (unpaired) electrons. The summed E-state index contributed by atoms with van der Waals surface area (Å²) in [5.41, 5.74) is 2.32. The molecule has 0 spiro atoms. The van der Waals surface area contributed by atoms with Gasteiger partial charge in [-0.15, -0.1) is 5.10 Å². The Bertz CT molecular complexity index is 1100. The minimum atomic E-state index is -0.00142. The number of carbonyl (C=O) groups excluding carboxylic acids is 2. The fourth-order valence-corrected chi connectivity index (χ4v) is 2.84. The van der Waals surface area contributed by atoms with Gasteiger partial charge in [-0.2, -0.15) is 10.1 Å². The normalized spacial score (nSPS) is 11.9. The Morgan fingerprint density at radius 3 is 2.90 bits per heavy atom. The zero-order valence-corrected chi connectivity index (χ0v) is 17.7. The Labute approximate surface area is 179 Å². The molecule has 3 rings (SSSR count). The van der Waals surface area contributed by atoms with E-state index in [2.05, 4.69) is 36.0 Å². The van der Waals surface area contributed by atoms with Gasteiger partial charge in [-0.25, -0.2) is 0 Å². The molecule has 4 N–H and O–H groups in total. The molecule has 2 aromatic heterocycles. The first-order valence-electron chi connectivity index (χ1n) is 9.91. The van der Waals surface area contributed by atoms with E-state index in [1.165, 1.54) is 6.08 Å². The van der Waals surface area contributed by atoms with Crippen LogP contribution in [-0.4, -0.2) is 62.1 Å². The van der Waals surface area contributed by atoms with Gasteiger partial charge in [-0.05, 0) is 50.4 Å². The number of aromatic nitrogens is 5. The van der Waals surface area contributed by atoms with Crippen molar-refractivity contribution >= 4 is 40.3 Å². The topological polar surface area (TPSA) is 132 Å². The molecular formula is C21H26N8O2. The molecule has 0 bridgehead atoms. The fourth-order valence-electron chi connectivity index (χ4n) is 2.84. The van der Waals surface area contributed by atoms with Crippen molar-refractivity contribution in [3.8, 4) is 0 Å². The Morgan fingerprint density at radius 1 is 1.29 bits per heavy atom. The highest BCUT2D eigenvalue weighted by molar-refractivity contribution is 5.85. The maximum atomic E-state index is 11.8. The van der Waals surface area contributed by atoms with Gasteiger partial charge in [0.2, 0.25) is 11.9 Å². The number of carbonyl (C=O) groups is 2. The van der Waals surface area contributed by atoms with E-state index in [4.69, 9.17) is 0 Å². The van der Waals surface area contributed by atoms with E-state index in [1.807, 2.05) is 44.0 Å². The molecule has 162 valence electrons. The number of allylic oxidation sites excluding steroid dienone is 3. The molecule has 0 fully saturated rings. The molecule has 0 aliphatic heterocycles. The average Bonchev–Trinajstić information content (AvgIpc) is 3.38. The number of fused-ring (bicyclic) bond motifs is 1. The summed E-state index contributed by atoms with van der Waals surface area (Å²) < 4.78 is 0. The average molecular weight is 422 g/mol. The third-order valence-electron chi connectivity index (χ3n) is 4.35. The lowest BCUT2D eigenvalue weighted by molar-refractivity contribution is -0.121. The van der Waals surface area contributed by atoms with Crippen LogP contribution < -0.4 is 10.6 Å². The van der Waals surface area contributed by atoms with Crippen LogP contribution in [0.1, 0.15) is 26.1 Å². The molecule has 10 nitrogen and oxygen atoms in total. The summed E-state index contributed by atoms with van der Waals surface area (Å²) in [5, 5.41) is 20.9. The second-order valence-corrected chi connectivity index (χ2v) is 7.33. The van der Waals surface area contributed by atoms with E-state index in [0.29, 0.717) is 36.6 Å². The maximum Gasteiger partial charge on any atom is 0.246 e. The van der Waals surface area contributed by atoms with Gasteiger partial charge >= 0.3 is 0 Å². The number of nitrogens with zero attached hydrogens (tertiary/aromatic N) is 4. The van der Waals surface area contributed by atoms with Crippen molar-refractivity contribution in [2.45, 2.75) is 26.3 Å². The standard InChI is InChI=1S/C21H26N8O2/c1-14(2)23-19(31)7-10-29(3)9-6-15(8-11-30)20-25-21(28-27-20)24-17-4-5-18-16(12-17)13-22-26-18/h4-6,8-9,11-14H,7,10H2,1-3H3,(H,22,26)(H,23,31)(H2,24,25,27,28)/b9-6-,15-8+. The summed E-state index contributed by atoms with van der Waals surface area (Å²) in [6.07, 6.45) is 7.75. The molecule has 3 aromatic rings. The van der Waals surface area contributed by atoms with Gasteiger partial charge < -0.3 is 15.5 Å². The minimum absolute atomic E-state index is 0.00142. The lowest BCUT2D eigenvalue weighted by Crippen LogP contribution is -2.32. The first kappa shape index (κ1) is 21.8. The summed E-state index contributed by atoms with van der Waals surface area (Å²) in [7, 11) is 1.86. The number of hydrogen-bond donors (Lipinski definition) is 4. The first-order valence-corrected chi connectivity index (χ1v) is 9.91. The molecule has 2 heterocycles. The SMILES string of the molecule is CC(C)NC(=O)CCN(C)/C=C\C(=C/C=O)c1nc(Nc2ccc3[nH]ncc3c2)n[nH]1. The van der Waals surface area contributed by atoms with E-state index in [1.54, 1.807) is 18.5 Å². The number of H-pyrrole nitrogens is 2. The Hall–Kier alpha value is -3.95. The second kappa shape index (κ2) is 10.2. The van der Waals surface area contributed by atoms with E-state index >= 15 is 0 Å². The largest absolute Gasteiger partial charge is 0.380 e. The third-order valence-corrected chi connectivity index (χ3v) is 4.35. The molecule has 10 heteroatoms. The zero-order valence-electron chi connectivity index (χ0n) is 17.7. The number of aldehydes is 1. The van der Waals surface area contributed by atoms with Gasteiger partial charge in [0.05, 0.1) is 11.7 Å². The molecule has 1 aromatic carbocycles. The fraction of sp³-hybridized carbons (Fsp3) is 0.286. The molecule has 0 unspecified atom stereocenters. The van der Waals surface area contributed by atoms with Crippen LogP contribution in [0.2, 0.25) is 0 Å². The molecular weight excluding hydrogens is 396 g/mol. The van der Waals surface area contributed by atoms with E-state index in [-0.39, 0.29) is 11.9 Å². The minimum Gasteiger partial charge on any atom is -0.380 e. The van der Waals surface area contributed by atoms with Crippen LogP contribution in [0.4, 0.5) is 11.6 Å². The van der Waals surface area contributed by atoms with Crippen LogP contribution in [0.25, 0.3) is 16.5 Å². The number of rotatable bonds is 10. The molecule has 0 aliphatic rings. The quantitative estimate of drug-likeness (QED) is 0.224. The van der Waals surface area contributed by atoms with Gasteiger partial charge in [-0.1, -0.05) is 0 Å². The van der Waals surface area contributed by atoms with Crippen LogP contribution in [0, 0.1) is 0 Å². The molecule has 1 amide bonds. The molecule has 31 heavy (non-hydrogen) atoms. The van der Waals surface area contributed by atoms with Gasteiger partial charge in [0, 0.05) is 42.7 Å². The highest BCUT2D eigenvalue weighted by Gasteiger charge is 2.08. The molecule has 0 atom stereocenters. The Balaban J connectivity index is 1.63. The predicted octanol–water partition coefficient (Wildman–Crippen LogP) is 2.37. The highest BCUT2D eigenvalue weighted by atomic mass is 16.1. The number of nitrogens with one attached hydrogen (secondary N) is 4. The summed E-state index contributed by atoms with van der Waals surface area (Å²) in [4.78, 5) is 29.1. The number of amides is 1. The highest BCUT2D eigenvalue weighted by Crippen LogP contribution is 2.20. The Kier molecular flexibility index (Phi) is 7.15. The summed E-state index contributed by atoms with van der Waals surface area (Å²) in [6, 6.07) is 5.85. The lowest BCUT2D eigenvalue weighted by Gasteiger charge is -2.14. The van der Waals surface area contributed by atoms with Crippen molar-refractivity contribution < 1.29 is 9.59 Å². The Morgan fingerprint density at radius 2 is 2.13 bits per heavy atom. The van der Waals surface area contributed by atoms with Crippen LogP contribution in [-0.2, 0) is 9.59 Å². The second-order valence-electron chi connectivity index (χ2n) is 7.33. The smallest absolute Gasteiger partial charge is 0.246 e. The van der Waals surface area contributed by atoms with Gasteiger partial charge in [0.15, 0.2) is 5.82 Å². The number of benzene rings is 1. The van der Waals surface area contributed by atoms with Crippen LogP contribution >= 0.6 is 0 Å². The summed E-state index contributed by atoms with van der Waals surface area (Å²) in [5.74, 6) is 0.821. The van der Waals surface area contributed by atoms with E-state index < -0.39 is 0 Å². The summed E-state index contributed by atoms with van der Waals surface area (Å²) in [6.45, 7) is 4.39. The molecule has 0 saturated heterocycles. The van der Waals surface area contributed by atoms with Gasteiger partial charge in [0.25, 0.3) is 0 Å². The van der Waals surface area contributed by atoms with Crippen molar-refractivity contribution in [2.75, 3.05) is 18.9 Å². The van der Waals surface area contributed by atoms with Crippen molar-refractivity contribution in [3.63, 3.8) is 0 Å². The number of hydrogen-bond acceptors (Lipinski definition) is 7.